The highest BCUT2D eigenvalue weighted by Crippen LogP contribution is 2.31. The molecule has 13 heteroatoms. The summed E-state index contributed by atoms with van der Waals surface area (Å²) in [4.78, 5) is 49.8. The Morgan fingerprint density at radius 2 is 1.88 bits per heavy atom. The average Bonchev–Trinajstić information content (AvgIpc) is 3.36. The van der Waals surface area contributed by atoms with Gasteiger partial charge in [-0.3, -0.25) is 19.1 Å². The normalized spacial score (nSPS) is 13.0. The van der Waals surface area contributed by atoms with E-state index in [1.165, 1.54) is 22.6 Å². The van der Waals surface area contributed by atoms with Gasteiger partial charge in [0.05, 0.1) is 17.8 Å². The summed E-state index contributed by atoms with van der Waals surface area (Å²) in [6.07, 6.45) is 2.29. The van der Waals surface area contributed by atoms with Crippen molar-refractivity contribution in [2.75, 3.05) is 24.4 Å². The first kappa shape index (κ1) is 30.2. The highest BCUT2D eigenvalue weighted by atomic mass is 16.6. The van der Waals surface area contributed by atoms with Gasteiger partial charge in [-0.2, -0.15) is 0 Å². The van der Waals surface area contributed by atoms with Crippen LogP contribution >= 0.6 is 0 Å². The third kappa shape index (κ3) is 6.41. The first-order valence-corrected chi connectivity index (χ1v) is 13.3. The molecule has 0 bridgehead atoms. The Morgan fingerprint density at radius 3 is 2.55 bits per heavy atom. The van der Waals surface area contributed by atoms with E-state index in [0.717, 1.165) is 5.56 Å². The number of hydrogen-bond donors (Lipinski definition) is 2. The van der Waals surface area contributed by atoms with E-state index >= 15 is 0 Å². The van der Waals surface area contributed by atoms with Gasteiger partial charge < -0.3 is 24.6 Å². The van der Waals surface area contributed by atoms with Crippen LogP contribution < -0.4 is 21.1 Å². The number of pyridine rings is 3. The Hall–Kier alpha value is -4.78. The topological polar surface area (TPSA) is 154 Å². The van der Waals surface area contributed by atoms with Gasteiger partial charge in [0.2, 0.25) is 5.76 Å². The third-order valence-corrected chi connectivity index (χ3v) is 6.51. The van der Waals surface area contributed by atoms with Gasteiger partial charge in [0.1, 0.15) is 28.4 Å². The molecule has 13 nitrogen and oxygen atoms in total. The Labute approximate surface area is 242 Å². The van der Waals surface area contributed by atoms with Crippen LogP contribution in [0, 0.1) is 6.92 Å². The first-order valence-electron chi connectivity index (χ1n) is 13.3. The van der Waals surface area contributed by atoms with E-state index in [4.69, 9.17) is 14.0 Å². The quantitative estimate of drug-likeness (QED) is 0.309. The highest BCUT2D eigenvalue weighted by molar-refractivity contribution is 6.07. The van der Waals surface area contributed by atoms with Crippen LogP contribution in [0.1, 0.15) is 50.7 Å². The molecule has 0 aliphatic heterocycles. The Balaban J connectivity index is 1.81. The maximum absolute atomic E-state index is 13.5. The lowest BCUT2D eigenvalue weighted by atomic mass is 10.2. The Kier molecular flexibility index (Phi) is 8.62. The third-order valence-electron chi connectivity index (χ3n) is 6.51. The molecule has 0 spiro atoms. The van der Waals surface area contributed by atoms with Crippen molar-refractivity contribution in [1.82, 2.24) is 25.0 Å². The lowest BCUT2D eigenvalue weighted by Crippen LogP contribution is -2.40. The fraction of sp³-hybridized carbons (Fsp3) is 0.379. The van der Waals surface area contributed by atoms with E-state index in [1.54, 1.807) is 65.4 Å². The van der Waals surface area contributed by atoms with Crippen LogP contribution in [-0.4, -0.2) is 63.6 Å². The molecular weight excluding hydrogens is 542 g/mol. The van der Waals surface area contributed by atoms with E-state index in [9.17, 15) is 14.4 Å². The Morgan fingerprint density at radius 1 is 1.14 bits per heavy atom. The number of nitrogens with one attached hydrogen (secondary N) is 2. The lowest BCUT2D eigenvalue weighted by molar-refractivity contribution is 0.0589. The van der Waals surface area contributed by atoms with Crippen LogP contribution in [0.2, 0.25) is 0 Å². The van der Waals surface area contributed by atoms with Gasteiger partial charge >= 0.3 is 6.09 Å². The standard InChI is InChI=1S/C29H35N7O6/c1-16-11-9-13-30-25(16)36-14-10-12-19(27(36)38)32-21-15-20(35(7)28(39)41-29(4,5)6)22-23(33-21)24(42-34-22)26(37)31-17(2)18(3)40-8/h9-15,17-18H,1-8H3,(H,31,37)(H,32,33)/t17-,18-/m1/s1. The van der Waals surface area contributed by atoms with Crippen molar-refractivity contribution in [3.63, 3.8) is 0 Å². The molecule has 2 amide bonds. The molecule has 4 aromatic rings. The van der Waals surface area contributed by atoms with Gasteiger partial charge in [-0.1, -0.05) is 11.2 Å². The van der Waals surface area contributed by atoms with Crippen LogP contribution in [0.25, 0.3) is 16.9 Å². The fourth-order valence-electron chi connectivity index (χ4n) is 4.02. The first-order chi connectivity index (χ1) is 19.8. The molecule has 0 fully saturated rings. The monoisotopic (exact) mass is 577 g/mol. The van der Waals surface area contributed by atoms with Gasteiger partial charge in [0, 0.05) is 32.6 Å². The molecule has 0 aliphatic rings. The van der Waals surface area contributed by atoms with Crippen LogP contribution in [-0.2, 0) is 9.47 Å². The maximum Gasteiger partial charge on any atom is 0.414 e. The van der Waals surface area contributed by atoms with Crippen molar-refractivity contribution in [2.24, 2.45) is 0 Å². The van der Waals surface area contributed by atoms with Crippen molar-refractivity contribution in [3.8, 4) is 5.82 Å². The molecule has 0 saturated heterocycles. The van der Waals surface area contributed by atoms with Gasteiger partial charge in [-0.15, -0.1) is 0 Å². The molecule has 42 heavy (non-hydrogen) atoms. The fourth-order valence-corrected chi connectivity index (χ4v) is 4.02. The number of methoxy groups -OCH3 is 1. The Bertz CT molecular complexity index is 1670. The molecule has 2 atom stereocenters. The largest absolute Gasteiger partial charge is 0.443 e. The van der Waals surface area contributed by atoms with Crippen LogP contribution in [0.5, 0.6) is 0 Å². The maximum atomic E-state index is 13.5. The van der Waals surface area contributed by atoms with Gasteiger partial charge in [0.15, 0.2) is 5.52 Å². The summed E-state index contributed by atoms with van der Waals surface area (Å²) in [6.45, 7) is 10.7. The number of carbonyl (C=O) groups excluding carboxylic acids is 2. The van der Waals surface area contributed by atoms with E-state index in [2.05, 4.69) is 25.8 Å². The van der Waals surface area contributed by atoms with Crippen molar-refractivity contribution in [1.29, 1.82) is 0 Å². The number of fused-ring (bicyclic) bond motifs is 1. The number of hydrogen-bond acceptors (Lipinski definition) is 10. The van der Waals surface area contributed by atoms with E-state index < -0.39 is 17.6 Å². The van der Waals surface area contributed by atoms with Crippen molar-refractivity contribution >= 4 is 40.2 Å². The molecule has 222 valence electrons. The number of amides is 2. The zero-order valence-electron chi connectivity index (χ0n) is 24.9. The molecule has 0 radical (unpaired) electrons. The number of ether oxygens (including phenoxy) is 2. The molecule has 0 aliphatic carbocycles. The molecule has 4 heterocycles. The second-order valence-corrected chi connectivity index (χ2v) is 10.8. The second kappa shape index (κ2) is 12.0. The molecule has 4 aromatic heterocycles. The number of anilines is 3. The summed E-state index contributed by atoms with van der Waals surface area (Å²) in [7, 11) is 3.05. The van der Waals surface area contributed by atoms with Crippen molar-refractivity contribution < 1.29 is 23.6 Å². The number of nitrogens with zero attached hydrogens (tertiary/aromatic N) is 5. The molecular formula is C29H35N7O6. The summed E-state index contributed by atoms with van der Waals surface area (Å²) < 4.78 is 17.7. The second-order valence-electron chi connectivity index (χ2n) is 10.8. The van der Waals surface area contributed by atoms with Crippen LogP contribution in [0.3, 0.4) is 0 Å². The lowest BCUT2D eigenvalue weighted by Gasteiger charge is -2.25. The number of rotatable bonds is 8. The predicted molar refractivity (Wildman–Crippen MR) is 158 cm³/mol. The minimum atomic E-state index is -0.764. The van der Waals surface area contributed by atoms with Crippen LogP contribution in [0.4, 0.5) is 22.0 Å². The molecule has 2 N–H and O–H groups in total. The van der Waals surface area contributed by atoms with Gasteiger partial charge in [0.25, 0.3) is 11.5 Å². The molecule has 4 rings (SSSR count). The molecule has 0 unspecified atom stereocenters. The smallest absolute Gasteiger partial charge is 0.414 e. The molecule has 0 saturated carbocycles. The number of aromatic nitrogens is 4. The zero-order valence-corrected chi connectivity index (χ0v) is 24.9. The predicted octanol–water partition coefficient (Wildman–Crippen LogP) is 4.35. The SMILES string of the molecule is CO[C@H](C)[C@@H](C)NC(=O)c1onc2c(N(C)C(=O)OC(C)(C)C)cc(Nc3cccn(-c4ncccc4C)c3=O)nc12. The van der Waals surface area contributed by atoms with Gasteiger partial charge in [-0.05, 0) is 65.3 Å². The van der Waals surface area contributed by atoms with Crippen molar-refractivity contribution in [2.45, 2.75) is 59.3 Å². The summed E-state index contributed by atoms with van der Waals surface area (Å²) in [6, 6.07) is 8.10. The minimum absolute atomic E-state index is 0.0806. The highest BCUT2D eigenvalue weighted by Gasteiger charge is 2.28. The summed E-state index contributed by atoms with van der Waals surface area (Å²) in [5, 5.41) is 9.90. The summed E-state index contributed by atoms with van der Waals surface area (Å²) in [5.41, 5.74) is 0.335. The van der Waals surface area contributed by atoms with Gasteiger partial charge in [-0.25, -0.2) is 14.8 Å². The number of aryl methyl sites for hydroxylation is 1. The zero-order chi connectivity index (χ0) is 30.8. The van der Waals surface area contributed by atoms with E-state index in [-0.39, 0.29) is 51.7 Å². The summed E-state index contributed by atoms with van der Waals surface area (Å²) >= 11 is 0. The minimum Gasteiger partial charge on any atom is -0.443 e. The van der Waals surface area contributed by atoms with E-state index in [1.807, 2.05) is 19.9 Å². The van der Waals surface area contributed by atoms with Crippen molar-refractivity contribution in [3.05, 3.63) is 64.4 Å². The van der Waals surface area contributed by atoms with E-state index in [0.29, 0.717) is 5.82 Å². The average molecular weight is 578 g/mol. The summed E-state index contributed by atoms with van der Waals surface area (Å²) in [5.74, 6) is -0.0947. The molecule has 0 aromatic carbocycles. The van der Waals surface area contributed by atoms with Crippen LogP contribution in [0.15, 0.2) is 52.0 Å². The number of carbonyl (C=O) groups is 2.